The fourth-order valence-corrected chi connectivity index (χ4v) is 3.04. The number of amides is 1. The van der Waals surface area contributed by atoms with Crippen LogP contribution in [0.4, 0.5) is 0 Å². The summed E-state index contributed by atoms with van der Waals surface area (Å²) < 4.78 is 0. The Morgan fingerprint density at radius 3 is 2.60 bits per heavy atom. The Labute approximate surface area is 130 Å². The van der Waals surface area contributed by atoms with Crippen molar-refractivity contribution in [2.45, 2.75) is 38.1 Å². The molecule has 1 saturated carbocycles. The lowest BCUT2D eigenvalue weighted by Gasteiger charge is -2.30. The zero-order chi connectivity index (χ0) is 14.5. The number of likely N-dealkylation sites (N-methyl/N-ethyl adjacent to an activating group) is 1. The van der Waals surface area contributed by atoms with Gasteiger partial charge in [-0.3, -0.25) is 4.79 Å². The molecule has 0 bridgehead atoms. The van der Waals surface area contributed by atoms with Crippen LogP contribution in [0.1, 0.15) is 37.7 Å². The predicted molar refractivity (Wildman–Crippen MR) is 85.1 cm³/mol. The first kappa shape index (κ1) is 15.4. The van der Waals surface area contributed by atoms with Gasteiger partial charge in [0.05, 0.1) is 0 Å². The van der Waals surface area contributed by atoms with Crippen LogP contribution in [0.3, 0.4) is 0 Å². The normalized spacial score (nSPS) is 16.6. The smallest absolute Gasteiger partial charge is 0.246 e. The summed E-state index contributed by atoms with van der Waals surface area (Å²) in [5, 5.41) is 1.15. The van der Waals surface area contributed by atoms with Gasteiger partial charge in [0.25, 0.3) is 0 Å². The molecule has 0 spiro atoms. The summed E-state index contributed by atoms with van der Waals surface area (Å²) in [5.41, 5.74) is 0.807. The number of halogens is 2. The van der Waals surface area contributed by atoms with E-state index in [1.165, 1.54) is 19.3 Å². The molecule has 0 radical (unpaired) electrons. The number of nitrogens with zero attached hydrogens (tertiary/aromatic N) is 1. The van der Waals surface area contributed by atoms with E-state index in [0.717, 1.165) is 18.4 Å². The molecule has 0 N–H and O–H groups in total. The first-order valence-corrected chi connectivity index (χ1v) is 7.73. The Hall–Kier alpha value is -0.990. The highest BCUT2D eigenvalue weighted by Gasteiger charge is 2.20. The first-order valence-electron chi connectivity index (χ1n) is 6.98. The van der Waals surface area contributed by atoms with Crippen molar-refractivity contribution in [3.63, 3.8) is 0 Å². The van der Waals surface area contributed by atoms with E-state index < -0.39 is 0 Å². The monoisotopic (exact) mass is 311 g/mol. The summed E-state index contributed by atoms with van der Waals surface area (Å²) >= 11 is 11.9. The maximum Gasteiger partial charge on any atom is 0.246 e. The van der Waals surface area contributed by atoms with Crippen LogP contribution in [0.25, 0.3) is 6.08 Å². The average molecular weight is 312 g/mol. The highest BCUT2D eigenvalue weighted by Crippen LogP contribution is 2.23. The SMILES string of the molecule is CN(C(=O)/C=C/c1ccc(Cl)cc1Cl)C1CCCCC1. The van der Waals surface area contributed by atoms with Crippen LogP contribution in [0.15, 0.2) is 24.3 Å². The van der Waals surface area contributed by atoms with Crippen molar-refractivity contribution in [2.24, 2.45) is 0 Å². The van der Waals surface area contributed by atoms with Crippen molar-refractivity contribution in [1.82, 2.24) is 4.90 Å². The van der Waals surface area contributed by atoms with E-state index in [2.05, 4.69) is 0 Å². The Kier molecular flexibility index (Phi) is 5.50. The quantitative estimate of drug-likeness (QED) is 0.734. The summed E-state index contributed by atoms with van der Waals surface area (Å²) in [7, 11) is 1.88. The molecule has 2 rings (SSSR count). The number of benzene rings is 1. The van der Waals surface area contributed by atoms with Crippen molar-refractivity contribution >= 4 is 35.2 Å². The Morgan fingerprint density at radius 1 is 1.25 bits per heavy atom. The first-order chi connectivity index (χ1) is 9.58. The van der Waals surface area contributed by atoms with Crippen LogP contribution in [-0.2, 0) is 4.79 Å². The maximum atomic E-state index is 12.2. The zero-order valence-corrected chi connectivity index (χ0v) is 13.1. The lowest BCUT2D eigenvalue weighted by Crippen LogP contribution is -2.37. The van der Waals surface area contributed by atoms with Gasteiger partial charge in [-0.2, -0.15) is 0 Å². The van der Waals surface area contributed by atoms with Crippen LogP contribution in [0.5, 0.6) is 0 Å². The van der Waals surface area contributed by atoms with E-state index >= 15 is 0 Å². The van der Waals surface area contributed by atoms with Gasteiger partial charge in [-0.05, 0) is 36.6 Å². The second kappa shape index (κ2) is 7.14. The lowest BCUT2D eigenvalue weighted by molar-refractivity contribution is -0.127. The third-order valence-electron chi connectivity index (χ3n) is 3.84. The van der Waals surface area contributed by atoms with Gasteiger partial charge in [0, 0.05) is 29.2 Å². The number of carbonyl (C=O) groups excluding carboxylic acids is 1. The van der Waals surface area contributed by atoms with E-state index in [1.807, 2.05) is 18.0 Å². The van der Waals surface area contributed by atoms with Crippen molar-refractivity contribution in [3.05, 3.63) is 39.9 Å². The molecular weight excluding hydrogens is 293 g/mol. The third kappa shape index (κ3) is 4.00. The number of hydrogen-bond donors (Lipinski definition) is 0. The van der Waals surface area contributed by atoms with Crippen LogP contribution in [0, 0.1) is 0 Å². The van der Waals surface area contributed by atoms with Crippen molar-refractivity contribution in [2.75, 3.05) is 7.05 Å². The summed E-state index contributed by atoms with van der Waals surface area (Å²) in [4.78, 5) is 14.0. The minimum absolute atomic E-state index is 0.0305. The Bertz CT molecular complexity index is 507. The van der Waals surface area contributed by atoms with Gasteiger partial charge in [0.1, 0.15) is 0 Å². The molecule has 0 aliphatic heterocycles. The molecule has 0 saturated heterocycles. The van der Waals surface area contributed by atoms with Crippen LogP contribution in [0.2, 0.25) is 10.0 Å². The third-order valence-corrected chi connectivity index (χ3v) is 4.40. The minimum Gasteiger partial charge on any atom is -0.339 e. The molecule has 2 nitrogen and oxygen atoms in total. The molecule has 1 aromatic rings. The van der Waals surface area contributed by atoms with Gasteiger partial charge in [0.2, 0.25) is 5.91 Å². The molecule has 0 aromatic heterocycles. The van der Waals surface area contributed by atoms with E-state index in [4.69, 9.17) is 23.2 Å². The predicted octanol–water partition coefficient (Wildman–Crippen LogP) is 4.80. The van der Waals surface area contributed by atoms with Crippen LogP contribution in [-0.4, -0.2) is 23.9 Å². The van der Waals surface area contributed by atoms with Gasteiger partial charge < -0.3 is 4.90 Å². The highest BCUT2D eigenvalue weighted by molar-refractivity contribution is 6.35. The topological polar surface area (TPSA) is 20.3 Å². The fourth-order valence-electron chi connectivity index (χ4n) is 2.56. The molecule has 1 fully saturated rings. The highest BCUT2D eigenvalue weighted by atomic mass is 35.5. The molecule has 20 heavy (non-hydrogen) atoms. The molecule has 0 heterocycles. The molecular formula is C16H19Cl2NO. The van der Waals surface area contributed by atoms with Crippen molar-refractivity contribution in [1.29, 1.82) is 0 Å². The van der Waals surface area contributed by atoms with Crippen molar-refractivity contribution < 1.29 is 4.79 Å². The Balaban J connectivity index is 2.00. The molecule has 1 amide bonds. The van der Waals surface area contributed by atoms with Gasteiger partial charge >= 0.3 is 0 Å². The second-order valence-corrected chi connectivity index (χ2v) is 6.08. The number of carbonyl (C=O) groups is 1. The van der Waals surface area contributed by atoms with E-state index in [0.29, 0.717) is 16.1 Å². The van der Waals surface area contributed by atoms with Gasteiger partial charge in [-0.15, -0.1) is 0 Å². The zero-order valence-electron chi connectivity index (χ0n) is 11.6. The summed E-state index contributed by atoms with van der Waals surface area (Å²) in [5.74, 6) is 0.0305. The molecule has 0 unspecified atom stereocenters. The van der Waals surface area contributed by atoms with Crippen molar-refractivity contribution in [3.8, 4) is 0 Å². The standard InChI is InChI=1S/C16H19Cl2NO/c1-19(14-5-3-2-4-6-14)16(20)10-8-12-7-9-13(17)11-15(12)18/h7-11,14H,2-6H2,1H3/b10-8+. The second-order valence-electron chi connectivity index (χ2n) is 5.24. The summed E-state index contributed by atoms with van der Waals surface area (Å²) in [6, 6.07) is 5.64. The fraction of sp³-hybridized carbons (Fsp3) is 0.438. The Morgan fingerprint density at radius 2 is 1.95 bits per heavy atom. The van der Waals surface area contributed by atoms with E-state index in [-0.39, 0.29) is 5.91 Å². The minimum atomic E-state index is 0.0305. The van der Waals surface area contributed by atoms with Gasteiger partial charge in [0.15, 0.2) is 0 Å². The van der Waals surface area contributed by atoms with Gasteiger partial charge in [-0.25, -0.2) is 0 Å². The molecule has 4 heteroatoms. The summed E-state index contributed by atoms with van der Waals surface area (Å²) in [6.45, 7) is 0. The van der Waals surface area contributed by atoms with E-state index in [1.54, 1.807) is 24.3 Å². The largest absolute Gasteiger partial charge is 0.339 e. The van der Waals surface area contributed by atoms with Gasteiger partial charge in [-0.1, -0.05) is 48.5 Å². The van der Waals surface area contributed by atoms with Crippen LogP contribution >= 0.6 is 23.2 Å². The molecule has 1 aliphatic carbocycles. The lowest BCUT2D eigenvalue weighted by atomic mass is 9.94. The molecule has 1 aliphatic rings. The maximum absolute atomic E-state index is 12.2. The molecule has 1 aromatic carbocycles. The molecule has 108 valence electrons. The summed E-state index contributed by atoms with van der Waals surface area (Å²) in [6.07, 6.45) is 9.28. The van der Waals surface area contributed by atoms with E-state index in [9.17, 15) is 4.79 Å². The number of rotatable bonds is 3. The molecule has 0 atom stereocenters. The van der Waals surface area contributed by atoms with Crippen LogP contribution < -0.4 is 0 Å². The number of hydrogen-bond acceptors (Lipinski definition) is 1. The average Bonchev–Trinajstić information content (AvgIpc) is 2.46.